The van der Waals surface area contributed by atoms with Gasteiger partial charge in [0.1, 0.15) is 0 Å². The lowest BCUT2D eigenvalue weighted by Gasteiger charge is -2.19. The first kappa shape index (κ1) is 13.1. The molecule has 0 atom stereocenters. The first-order valence-corrected chi connectivity index (χ1v) is 7.59. The molecular weight excluding hydrogens is 248 g/mol. The third-order valence-corrected chi connectivity index (χ3v) is 5.65. The second-order valence-corrected chi connectivity index (χ2v) is 8.22. The van der Waals surface area contributed by atoms with E-state index in [1.807, 2.05) is 28.8 Å². The minimum Gasteiger partial charge on any atom is -0.330 e. The van der Waals surface area contributed by atoms with E-state index in [0.717, 1.165) is 11.0 Å². The summed E-state index contributed by atoms with van der Waals surface area (Å²) in [5.41, 5.74) is 1.87. The molecule has 2 rings (SSSR count). The van der Waals surface area contributed by atoms with Gasteiger partial charge in [0, 0.05) is 6.54 Å². The van der Waals surface area contributed by atoms with Crippen LogP contribution in [0.1, 0.15) is 20.8 Å². The van der Waals surface area contributed by atoms with Crippen LogP contribution in [0.4, 0.5) is 0 Å². The van der Waals surface area contributed by atoms with Crippen LogP contribution in [0.25, 0.3) is 11.0 Å². The SMILES string of the molecule is CC(C)(C)S(=O)(=O)CCn1cnc2ccccc21. The molecule has 0 N–H and O–H groups in total. The summed E-state index contributed by atoms with van der Waals surface area (Å²) in [5, 5.41) is 0. The zero-order valence-electron chi connectivity index (χ0n) is 10.9. The van der Waals surface area contributed by atoms with Crippen LogP contribution in [0.15, 0.2) is 30.6 Å². The first-order valence-electron chi connectivity index (χ1n) is 5.93. The molecule has 1 aromatic heterocycles. The molecule has 0 aliphatic carbocycles. The van der Waals surface area contributed by atoms with Gasteiger partial charge in [0.2, 0.25) is 0 Å². The molecule has 0 fully saturated rings. The van der Waals surface area contributed by atoms with E-state index in [4.69, 9.17) is 0 Å². The number of hydrogen-bond acceptors (Lipinski definition) is 3. The maximum absolute atomic E-state index is 12.0. The Morgan fingerprint density at radius 3 is 2.56 bits per heavy atom. The average molecular weight is 266 g/mol. The van der Waals surface area contributed by atoms with Gasteiger partial charge >= 0.3 is 0 Å². The van der Waals surface area contributed by atoms with Crippen LogP contribution in [0, 0.1) is 0 Å². The van der Waals surface area contributed by atoms with E-state index < -0.39 is 14.6 Å². The van der Waals surface area contributed by atoms with Crippen molar-refractivity contribution in [3.63, 3.8) is 0 Å². The zero-order chi connectivity index (χ0) is 13.4. The lowest BCUT2D eigenvalue weighted by Crippen LogP contribution is -2.31. The number of para-hydroxylation sites is 2. The van der Waals surface area contributed by atoms with Crippen LogP contribution in [0.3, 0.4) is 0 Å². The van der Waals surface area contributed by atoms with Crippen molar-refractivity contribution in [1.29, 1.82) is 0 Å². The van der Waals surface area contributed by atoms with Gasteiger partial charge in [-0.05, 0) is 32.9 Å². The molecule has 0 saturated carbocycles. The fourth-order valence-electron chi connectivity index (χ4n) is 1.71. The smallest absolute Gasteiger partial charge is 0.156 e. The maximum Gasteiger partial charge on any atom is 0.156 e. The van der Waals surface area contributed by atoms with E-state index in [-0.39, 0.29) is 5.75 Å². The monoisotopic (exact) mass is 266 g/mol. The number of imidazole rings is 1. The largest absolute Gasteiger partial charge is 0.330 e. The van der Waals surface area contributed by atoms with Crippen LogP contribution in [0.2, 0.25) is 0 Å². The van der Waals surface area contributed by atoms with Crippen molar-refractivity contribution in [2.75, 3.05) is 5.75 Å². The summed E-state index contributed by atoms with van der Waals surface area (Å²) >= 11 is 0. The molecule has 2 aromatic rings. The molecule has 0 aliphatic heterocycles. The molecule has 98 valence electrons. The second-order valence-electron chi connectivity index (χ2n) is 5.36. The molecule has 0 amide bonds. The van der Waals surface area contributed by atoms with Gasteiger partial charge in [0.05, 0.1) is 27.9 Å². The van der Waals surface area contributed by atoms with Crippen molar-refractivity contribution in [3.8, 4) is 0 Å². The van der Waals surface area contributed by atoms with E-state index in [1.54, 1.807) is 27.1 Å². The van der Waals surface area contributed by atoms with E-state index in [9.17, 15) is 8.42 Å². The van der Waals surface area contributed by atoms with Crippen molar-refractivity contribution < 1.29 is 8.42 Å². The Bertz CT molecular complexity index is 651. The predicted octanol–water partition coefficient (Wildman–Crippen LogP) is 2.25. The highest BCUT2D eigenvalue weighted by Crippen LogP contribution is 2.17. The zero-order valence-corrected chi connectivity index (χ0v) is 11.7. The lowest BCUT2D eigenvalue weighted by molar-refractivity contribution is 0.554. The highest BCUT2D eigenvalue weighted by molar-refractivity contribution is 7.92. The van der Waals surface area contributed by atoms with Crippen molar-refractivity contribution >= 4 is 20.9 Å². The van der Waals surface area contributed by atoms with E-state index >= 15 is 0 Å². The van der Waals surface area contributed by atoms with E-state index in [1.165, 1.54) is 0 Å². The van der Waals surface area contributed by atoms with Crippen molar-refractivity contribution in [3.05, 3.63) is 30.6 Å². The number of benzene rings is 1. The number of aryl methyl sites for hydroxylation is 1. The molecule has 0 aliphatic rings. The van der Waals surface area contributed by atoms with Gasteiger partial charge < -0.3 is 4.57 Å². The second kappa shape index (κ2) is 4.39. The van der Waals surface area contributed by atoms with Crippen LogP contribution in [-0.2, 0) is 16.4 Å². The summed E-state index contributed by atoms with van der Waals surface area (Å²) in [6.45, 7) is 5.64. The number of nitrogens with zero attached hydrogens (tertiary/aromatic N) is 2. The van der Waals surface area contributed by atoms with Gasteiger partial charge in [-0.15, -0.1) is 0 Å². The Balaban J connectivity index is 2.22. The molecule has 18 heavy (non-hydrogen) atoms. The molecule has 1 heterocycles. The highest BCUT2D eigenvalue weighted by Gasteiger charge is 2.28. The quantitative estimate of drug-likeness (QED) is 0.856. The van der Waals surface area contributed by atoms with E-state index in [0.29, 0.717) is 6.54 Å². The lowest BCUT2D eigenvalue weighted by atomic mass is 10.3. The summed E-state index contributed by atoms with van der Waals surface area (Å²) in [5.74, 6) is 0.136. The topological polar surface area (TPSA) is 52.0 Å². The Morgan fingerprint density at radius 1 is 1.22 bits per heavy atom. The van der Waals surface area contributed by atoms with Crippen molar-refractivity contribution in [1.82, 2.24) is 9.55 Å². The number of hydrogen-bond donors (Lipinski definition) is 0. The summed E-state index contributed by atoms with van der Waals surface area (Å²) in [4.78, 5) is 4.25. The first-order chi connectivity index (χ1) is 8.31. The molecule has 1 aromatic carbocycles. The Hall–Kier alpha value is -1.36. The third kappa shape index (κ3) is 2.41. The molecular formula is C13H18N2O2S. The van der Waals surface area contributed by atoms with E-state index in [2.05, 4.69) is 4.98 Å². The number of sulfone groups is 1. The summed E-state index contributed by atoms with van der Waals surface area (Å²) in [7, 11) is -3.09. The van der Waals surface area contributed by atoms with Crippen LogP contribution in [-0.4, -0.2) is 28.5 Å². The van der Waals surface area contributed by atoms with Gasteiger partial charge in [-0.3, -0.25) is 0 Å². The van der Waals surface area contributed by atoms with Gasteiger partial charge in [-0.25, -0.2) is 13.4 Å². The minimum absolute atomic E-state index is 0.136. The van der Waals surface area contributed by atoms with Gasteiger partial charge in [0.15, 0.2) is 9.84 Å². The van der Waals surface area contributed by atoms with Gasteiger partial charge in [0.25, 0.3) is 0 Å². The molecule has 0 unspecified atom stereocenters. The molecule has 0 bridgehead atoms. The fraction of sp³-hybridized carbons (Fsp3) is 0.462. The summed E-state index contributed by atoms with van der Waals surface area (Å²) < 4.78 is 25.3. The molecule has 0 radical (unpaired) electrons. The Morgan fingerprint density at radius 2 is 1.89 bits per heavy atom. The molecule has 4 nitrogen and oxygen atoms in total. The molecule has 0 saturated heterocycles. The predicted molar refractivity (Wildman–Crippen MR) is 73.3 cm³/mol. The summed E-state index contributed by atoms with van der Waals surface area (Å²) in [6.07, 6.45) is 1.70. The van der Waals surface area contributed by atoms with Crippen molar-refractivity contribution in [2.24, 2.45) is 0 Å². The normalized spacial score (nSPS) is 13.1. The third-order valence-electron chi connectivity index (χ3n) is 3.06. The summed E-state index contributed by atoms with van der Waals surface area (Å²) in [6, 6.07) is 7.72. The highest BCUT2D eigenvalue weighted by atomic mass is 32.2. The fourth-order valence-corrected chi connectivity index (χ4v) is 2.76. The molecule has 5 heteroatoms. The maximum atomic E-state index is 12.0. The van der Waals surface area contributed by atoms with Crippen LogP contribution in [0.5, 0.6) is 0 Å². The van der Waals surface area contributed by atoms with Crippen LogP contribution < -0.4 is 0 Å². The van der Waals surface area contributed by atoms with Gasteiger partial charge in [-0.1, -0.05) is 12.1 Å². The standard InChI is InChI=1S/C13H18N2O2S/c1-13(2,3)18(16,17)9-8-15-10-14-11-6-4-5-7-12(11)15/h4-7,10H,8-9H2,1-3H3. The molecule has 0 spiro atoms. The average Bonchev–Trinajstić information content (AvgIpc) is 2.68. The minimum atomic E-state index is -3.09. The number of rotatable bonds is 3. The van der Waals surface area contributed by atoms with Gasteiger partial charge in [-0.2, -0.15) is 0 Å². The van der Waals surface area contributed by atoms with Crippen LogP contribution >= 0.6 is 0 Å². The number of aromatic nitrogens is 2. The van der Waals surface area contributed by atoms with Crippen molar-refractivity contribution in [2.45, 2.75) is 32.1 Å². The Kier molecular flexibility index (Phi) is 3.19. The Labute approximate surface area is 108 Å². The number of fused-ring (bicyclic) bond motifs is 1.